The summed E-state index contributed by atoms with van der Waals surface area (Å²) in [6.07, 6.45) is 5.75. The number of nitrogens with two attached hydrogens (primary N) is 1. The van der Waals surface area contributed by atoms with Gasteiger partial charge in [-0.15, -0.1) is 0 Å². The van der Waals surface area contributed by atoms with Gasteiger partial charge in [0.1, 0.15) is 0 Å². The molecule has 0 heterocycles. The maximum absolute atomic E-state index is 12.5. The summed E-state index contributed by atoms with van der Waals surface area (Å²) in [5.41, 5.74) is 7.08. The molecule has 2 unspecified atom stereocenters. The molecule has 2 heteroatoms. The highest BCUT2D eigenvalue weighted by Crippen LogP contribution is 2.35. The minimum absolute atomic E-state index is 0.180. The third kappa shape index (κ3) is 2.81. The fraction of sp³-hybridized carbons (Fsp3) is 0.562. The number of carbonyl (C=O) groups excluding carboxylic acids is 1. The molecule has 1 aromatic carbocycles. The molecular formula is C16H23NO. The van der Waals surface area contributed by atoms with Gasteiger partial charge in [-0.05, 0) is 24.3 Å². The molecule has 98 valence electrons. The third-order valence-electron chi connectivity index (χ3n) is 4.26. The van der Waals surface area contributed by atoms with Gasteiger partial charge in [-0.25, -0.2) is 0 Å². The van der Waals surface area contributed by atoms with Crippen molar-refractivity contribution in [1.82, 2.24) is 0 Å². The second-order valence-electron chi connectivity index (χ2n) is 5.35. The van der Waals surface area contributed by atoms with E-state index in [1.165, 1.54) is 19.3 Å². The Bertz CT molecular complexity index is 387. The molecule has 1 fully saturated rings. The summed E-state index contributed by atoms with van der Waals surface area (Å²) >= 11 is 0. The highest BCUT2D eigenvalue weighted by molar-refractivity contribution is 5.87. The van der Waals surface area contributed by atoms with E-state index in [2.05, 4.69) is 6.92 Å². The minimum Gasteiger partial charge on any atom is -0.318 e. The van der Waals surface area contributed by atoms with Gasteiger partial charge in [-0.2, -0.15) is 0 Å². The van der Waals surface area contributed by atoms with E-state index in [1.54, 1.807) is 0 Å². The van der Waals surface area contributed by atoms with Crippen LogP contribution >= 0.6 is 0 Å². The standard InChI is InChI=1S/C16H23NO/c1-2-12-8-6-7-11-14(12)16(18)15(17)13-9-4-3-5-10-13/h3-5,9-10,12,14-15H,2,6-8,11,17H2,1H3/t12?,14?,15-/m1/s1. The predicted molar refractivity (Wildman–Crippen MR) is 74.1 cm³/mol. The fourth-order valence-electron chi connectivity index (χ4n) is 3.13. The van der Waals surface area contributed by atoms with Crippen LogP contribution in [0, 0.1) is 11.8 Å². The van der Waals surface area contributed by atoms with Crippen LogP contribution in [0.4, 0.5) is 0 Å². The van der Waals surface area contributed by atoms with Crippen LogP contribution in [0.2, 0.25) is 0 Å². The molecule has 0 spiro atoms. The number of hydrogen-bond acceptors (Lipinski definition) is 2. The van der Waals surface area contributed by atoms with Crippen molar-refractivity contribution in [3.8, 4) is 0 Å². The SMILES string of the molecule is CCC1CCCCC1C(=O)[C@H](N)c1ccccc1. The topological polar surface area (TPSA) is 43.1 Å². The van der Waals surface area contributed by atoms with Crippen molar-refractivity contribution >= 4 is 5.78 Å². The Morgan fingerprint density at radius 2 is 1.94 bits per heavy atom. The van der Waals surface area contributed by atoms with Gasteiger partial charge in [0.2, 0.25) is 0 Å². The van der Waals surface area contributed by atoms with Crippen LogP contribution in [-0.2, 0) is 4.79 Å². The van der Waals surface area contributed by atoms with E-state index in [0.717, 1.165) is 18.4 Å². The molecule has 3 atom stereocenters. The largest absolute Gasteiger partial charge is 0.318 e. The van der Waals surface area contributed by atoms with Crippen molar-refractivity contribution in [2.24, 2.45) is 17.6 Å². The van der Waals surface area contributed by atoms with Crippen LogP contribution in [0.15, 0.2) is 30.3 Å². The lowest BCUT2D eigenvalue weighted by Gasteiger charge is -2.31. The monoisotopic (exact) mass is 245 g/mol. The minimum atomic E-state index is -0.441. The second kappa shape index (κ2) is 6.14. The average molecular weight is 245 g/mol. The van der Waals surface area contributed by atoms with Crippen LogP contribution < -0.4 is 5.73 Å². The van der Waals surface area contributed by atoms with Crippen LogP contribution in [0.5, 0.6) is 0 Å². The van der Waals surface area contributed by atoms with E-state index in [0.29, 0.717) is 5.92 Å². The summed E-state index contributed by atoms with van der Waals surface area (Å²) in [4.78, 5) is 12.5. The van der Waals surface area contributed by atoms with Crippen LogP contribution in [-0.4, -0.2) is 5.78 Å². The van der Waals surface area contributed by atoms with Crippen molar-refractivity contribution in [1.29, 1.82) is 0 Å². The summed E-state index contributed by atoms with van der Waals surface area (Å²) in [5, 5.41) is 0. The molecular weight excluding hydrogens is 222 g/mol. The van der Waals surface area contributed by atoms with E-state index in [4.69, 9.17) is 5.73 Å². The van der Waals surface area contributed by atoms with Gasteiger partial charge in [0.15, 0.2) is 5.78 Å². The Morgan fingerprint density at radius 1 is 1.28 bits per heavy atom. The van der Waals surface area contributed by atoms with E-state index < -0.39 is 6.04 Å². The fourth-order valence-corrected chi connectivity index (χ4v) is 3.13. The number of hydrogen-bond donors (Lipinski definition) is 1. The van der Waals surface area contributed by atoms with Gasteiger partial charge in [-0.3, -0.25) is 4.79 Å². The Morgan fingerprint density at radius 3 is 2.61 bits per heavy atom. The first-order valence-electron chi connectivity index (χ1n) is 7.08. The summed E-state index contributed by atoms with van der Waals surface area (Å²) in [7, 11) is 0. The van der Waals surface area contributed by atoms with Gasteiger partial charge < -0.3 is 5.73 Å². The Balaban J connectivity index is 2.10. The van der Waals surface area contributed by atoms with Crippen molar-refractivity contribution in [2.75, 3.05) is 0 Å². The summed E-state index contributed by atoms with van der Waals surface area (Å²) in [5.74, 6) is 0.965. The van der Waals surface area contributed by atoms with Crippen LogP contribution in [0.1, 0.15) is 50.6 Å². The number of ketones is 1. The van der Waals surface area contributed by atoms with E-state index in [9.17, 15) is 4.79 Å². The average Bonchev–Trinajstić information content (AvgIpc) is 2.46. The predicted octanol–water partition coefficient (Wildman–Crippen LogP) is 3.47. The number of Topliss-reactive ketones (excluding diaryl/α,β-unsaturated/α-hetero) is 1. The second-order valence-corrected chi connectivity index (χ2v) is 5.35. The van der Waals surface area contributed by atoms with Crippen molar-refractivity contribution in [3.63, 3.8) is 0 Å². The molecule has 0 aliphatic heterocycles. The Labute approximate surface area is 110 Å². The number of rotatable bonds is 4. The molecule has 0 saturated heterocycles. The van der Waals surface area contributed by atoms with E-state index in [-0.39, 0.29) is 11.7 Å². The lowest BCUT2D eigenvalue weighted by Crippen LogP contribution is -2.34. The zero-order valence-electron chi connectivity index (χ0n) is 11.1. The lowest BCUT2D eigenvalue weighted by atomic mass is 9.73. The Kier molecular flexibility index (Phi) is 4.54. The van der Waals surface area contributed by atoms with Crippen molar-refractivity contribution in [2.45, 2.75) is 45.1 Å². The summed E-state index contributed by atoms with van der Waals surface area (Å²) in [6.45, 7) is 2.18. The molecule has 1 aliphatic carbocycles. The van der Waals surface area contributed by atoms with Gasteiger partial charge in [0.25, 0.3) is 0 Å². The van der Waals surface area contributed by atoms with Gasteiger partial charge in [-0.1, -0.05) is 56.5 Å². The van der Waals surface area contributed by atoms with Gasteiger partial charge in [0.05, 0.1) is 6.04 Å². The number of benzene rings is 1. The zero-order valence-corrected chi connectivity index (χ0v) is 11.1. The van der Waals surface area contributed by atoms with Crippen LogP contribution in [0.3, 0.4) is 0 Å². The number of carbonyl (C=O) groups is 1. The first kappa shape index (κ1) is 13.3. The highest BCUT2D eigenvalue weighted by atomic mass is 16.1. The van der Waals surface area contributed by atoms with Crippen molar-refractivity contribution in [3.05, 3.63) is 35.9 Å². The summed E-state index contributed by atoms with van der Waals surface area (Å²) < 4.78 is 0. The molecule has 2 nitrogen and oxygen atoms in total. The quantitative estimate of drug-likeness (QED) is 0.882. The smallest absolute Gasteiger partial charge is 0.157 e. The third-order valence-corrected chi connectivity index (χ3v) is 4.26. The first-order valence-corrected chi connectivity index (χ1v) is 7.08. The molecule has 0 radical (unpaired) electrons. The molecule has 1 aliphatic rings. The molecule has 1 saturated carbocycles. The summed E-state index contributed by atoms with van der Waals surface area (Å²) in [6, 6.07) is 9.30. The molecule has 18 heavy (non-hydrogen) atoms. The van der Waals surface area contributed by atoms with Gasteiger partial charge >= 0.3 is 0 Å². The molecule has 0 bridgehead atoms. The van der Waals surface area contributed by atoms with E-state index >= 15 is 0 Å². The molecule has 0 amide bonds. The highest BCUT2D eigenvalue weighted by Gasteiger charge is 2.32. The maximum Gasteiger partial charge on any atom is 0.157 e. The van der Waals surface area contributed by atoms with Crippen molar-refractivity contribution < 1.29 is 4.79 Å². The lowest BCUT2D eigenvalue weighted by molar-refractivity contribution is -0.127. The maximum atomic E-state index is 12.5. The first-order chi connectivity index (χ1) is 8.74. The molecule has 0 aromatic heterocycles. The van der Waals surface area contributed by atoms with Crippen LogP contribution in [0.25, 0.3) is 0 Å². The van der Waals surface area contributed by atoms with E-state index in [1.807, 2.05) is 30.3 Å². The normalized spacial score (nSPS) is 25.7. The molecule has 2 rings (SSSR count). The van der Waals surface area contributed by atoms with Gasteiger partial charge in [0, 0.05) is 5.92 Å². The molecule has 2 N–H and O–H groups in total. The molecule has 1 aromatic rings. The zero-order chi connectivity index (χ0) is 13.0. The Hall–Kier alpha value is -1.15.